The van der Waals surface area contributed by atoms with Crippen LogP contribution in [0.1, 0.15) is 16.1 Å². The Morgan fingerprint density at radius 3 is 2.71 bits per heavy atom. The predicted octanol–water partition coefficient (Wildman–Crippen LogP) is 2.90. The molecule has 0 bridgehead atoms. The number of nitrogens with zero attached hydrogens (tertiary/aromatic N) is 3. The van der Waals surface area contributed by atoms with Crippen LogP contribution in [0.2, 0.25) is 0 Å². The van der Waals surface area contributed by atoms with E-state index in [2.05, 4.69) is 4.98 Å². The second-order valence-electron chi connectivity index (χ2n) is 5.84. The molecular weight excluding hydrogens is 309 g/mol. The molecule has 5 nitrogen and oxygen atoms in total. The third kappa shape index (κ3) is 3.60. The number of ether oxygens (including phenoxy) is 1. The molecule has 24 heavy (non-hydrogen) atoms. The summed E-state index contributed by atoms with van der Waals surface area (Å²) in [5.74, 6) is -0.699. The zero-order valence-corrected chi connectivity index (χ0v) is 13.6. The topological polar surface area (TPSA) is 47.4 Å². The van der Waals surface area contributed by atoms with Gasteiger partial charge in [0.1, 0.15) is 18.2 Å². The zero-order valence-electron chi connectivity index (χ0n) is 13.6. The first kappa shape index (κ1) is 16.1. The Labute approximate surface area is 139 Å². The average molecular weight is 327 g/mol. The summed E-state index contributed by atoms with van der Waals surface area (Å²) >= 11 is 0. The van der Waals surface area contributed by atoms with Crippen LogP contribution in [-0.4, -0.2) is 41.2 Å². The molecule has 0 radical (unpaired) electrons. The van der Waals surface area contributed by atoms with E-state index in [0.717, 1.165) is 16.5 Å². The van der Waals surface area contributed by atoms with Crippen LogP contribution in [-0.2, 0) is 11.3 Å². The fourth-order valence-corrected chi connectivity index (χ4v) is 2.39. The molecule has 1 aromatic carbocycles. The second kappa shape index (κ2) is 6.80. The molecular formula is C18H18FN3O2. The van der Waals surface area contributed by atoms with E-state index in [1.807, 2.05) is 30.9 Å². The molecule has 0 atom stereocenters. The fraction of sp³-hybridized carbons (Fsp3) is 0.222. The molecule has 0 aliphatic rings. The van der Waals surface area contributed by atoms with Crippen LogP contribution in [0.4, 0.5) is 4.39 Å². The van der Waals surface area contributed by atoms with Crippen molar-refractivity contribution in [3.8, 4) is 0 Å². The van der Waals surface area contributed by atoms with Crippen molar-refractivity contribution < 1.29 is 13.9 Å². The van der Waals surface area contributed by atoms with Gasteiger partial charge in [-0.2, -0.15) is 0 Å². The lowest BCUT2D eigenvalue weighted by molar-refractivity contribution is 0.0313. The summed E-state index contributed by atoms with van der Waals surface area (Å²) in [6.45, 7) is 0.819. The van der Waals surface area contributed by atoms with E-state index in [-0.39, 0.29) is 18.2 Å². The van der Waals surface area contributed by atoms with Gasteiger partial charge in [-0.05, 0) is 43.9 Å². The highest BCUT2D eigenvalue weighted by Gasteiger charge is 2.12. The fourth-order valence-electron chi connectivity index (χ4n) is 2.39. The number of esters is 1. The highest BCUT2D eigenvalue weighted by molar-refractivity contribution is 5.92. The maximum absolute atomic E-state index is 13.0. The molecule has 0 fully saturated rings. The number of hydrogen-bond donors (Lipinski definition) is 0. The minimum atomic E-state index is -0.447. The van der Waals surface area contributed by atoms with Gasteiger partial charge in [0.25, 0.3) is 0 Å². The molecule has 0 saturated heterocycles. The Morgan fingerprint density at radius 1 is 1.25 bits per heavy atom. The normalized spacial score (nSPS) is 11.2. The number of rotatable bonds is 5. The number of carbonyl (C=O) groups is 1. The van der Waals surface area contributed by atoms with Crippen LogP contribution >= 0.6 is 0 Å². The van der Waals surface area contributed by atoms with Crippen LogP contribution < -0.4 is 0 Å². The average Bonchev–Trinajstić information content (AvgIpc) is 2.97. The van der Waals surface area contributed by atoms with Crippen LogP contribution in [0.15, 0.2) is 48.8 Å². The Kier molecular flexibility index (Phi) is 4.57. The highest BCUT2D eigenvalue weighted by atomic mass is 19.1. The number of fused-ring (bicyclic) bond motifs is 1. The maximum Gasteiger partial charge on any atom is 0.358 e. The van der Waals surface area contributed by atoms with Gasteiger partial charge in [0.2, 0.25) is 0 Å². The third-order valence-corrected chi connectivity index (χ3v) is 3.59. The number of carbonyl (C=O) groups excluding carboxylic acids is 1. The van der Waals surface area contributed by atoms with Crippen molar-refractivity contribution in [2.24, 2.45) is 0 Å². The highest BCUT2D eigenvalue weighted by Crippen LogP contribution is 2.18. The number of hydrogen-bond acceptors (Lipinski definition) is 4. The van der Waals surface area contributed by atoms with Gasteiger partial charge >= 0.3 is 5.97 Å². The Balaban J connectivity index is 1.80. The molecule has 0 aliphatic carbocycles. The molecule has 0 unspecified atom stereocenters. The third-order valence-electron chi connectivity index (χ3n) is 3.59. The van der Waals surface area contributed by atoms with Gasteiger partial charge in [0, 0.05) is 18.1 Å². The van der Waals surface area contributed by atoms with Gasteiger partial charge in [-0.3, -0.25) is 4.90 Å². The standard InChI is InChI=1S/C18H18FN3O2/c1-21(2)12-24-18(23)16-9-14-7-8-22(17(14)10-20-16)11-13-3-5-15(19)6-4-13/h3-10H,11-12H2,1-2H3. The summed E-state index contributed by atoms with van der Waals surface area (Å²) in [5.41, 5.74) is 2.18. The van der Waals surface area contributed by atoms with Crippen molar-refractivity contribution in [2.45, 2.75) is 6.54 Å². The summed E-state index contributed by atoms with van der Waals surface area (Å²) in [6, 6.07) is 10.0. The van der Waals surface area contributed by atoms with E-state index in [1.165, 1.54) is 12.1 Å². The largest absolute Gasteiger partial charge is 0.445 e. The van der Waals surface area contributed by atoms with Gasteiger partial charge in [0.15, 0.2) is 0 Å². The van der Waals surface area contributed by atoms with Gasteiger partial charge in [-0.1, -0.05) is 12.1 Å². The lowest BCUT2D eigenvalue weighted by Gasteiger charge is -2.10. The van der Waals surface area contributed by atoms with Gasteiger partial charge in [-0.25, -0.2) is 14.2 Å². The van der Waals surface area contributed by atoms with Crippen LogP contribution in [0.5, 0.6) is 0 Å². The van der Waals surface area contributed by atoms with Crippen molar-refractivity contribution >= 4 is 16.9 Å². The summed E-state index contributed by atoms with van der Waals surface area (Å²) in [4.78, 5) is 17.9. The van der Waals surface area contributed by atoms with E-state index in [0.29, 0.717) is 6.54 Å². The van der Waals surface area contributed by atoms with Gasteiger partial charge < -0.3 is 9.30 Å². The Bertz CT molecular complexity index is 856. The summed E-state index contributed by atoms with van der Waals surface area (Å²) in [6.07, 6.45) is 3.58. The molecule has 0 amide bonds. The molecule has 2 aromatic heterocycles. The Hall–Kier alpha value is -2.73. The molecule has 3 rings (SSSR count). The van der Waals surface area contributed by atoms with E-state index >= 15 is 0 Å². The molecule has 3 aromatic rings. The van der Waals surface area contributed by atoms with Crippen molar-refractivity contribution in [3.05, 3.63) is 65.9 Å². The lowest BCUT2D eigenvalue weighted by atomic mass is 10.2. The summed E-state index contributed by atoms with van der Waals surface area (Å²) < 4.78 is 20.1. The molecule has 0 aliphatic heterocycles. The van der Waals surface area contributed by atoms with E-state index in [1.54, 1.807) is 29.3 Å². The van der Waals surface area contributed by atoms with Gasteiger partial charge in [0.05, 0.1) is 11.7 Å². The van der Waals surface area contributed by atoms with Crippen molar-refractivity contribution in [1.82, 2.24) is 14.5 Å². The van der Waals surface area contributed by atoms with Crippen LogP contribution in [0.25, 0.3) is 10.9 Å². The molecule has 2 heterocycles. The molecule has 124 valence electrons. The summed E-state index contributed by atoms with van der Waals surface area (Å²) in [5, 5.41) is 0.906. The molecule has 0 saturated carbocycles. The molecule has 6 heteroatoms. The van der Waals surface area contributed by atoms with Gasteiger partial charge in [-0.15, -0.1) is 0 Å². The minimum Gasteiger partial charge on any atom is -0.445 e. The van der Waals surface area contributed by atoms with Crippen molar-refractivity contribution in [1.29, 1.82) is 0 Å². The first-order valence-corrected chi connectivity index (χ1v) is 7.54. The zero-order chi connectivity index (χ0) is 17.1. The van der Waals surface area contributed by atoms with Crippen molar-refractivity contribution in [3.63, 3.8) is 0 Å². The Morgan fingerprint density at radius 2 is 2.00 bits per heavy atom. The summed E-state index contributed by atoms with van der Waals surface area (Å²) in [7, 11) is 3.64. The molecule has 0 N–H and O–H groups in total. The first-order chi connectivity index (χ1) is 11.5. The number of pyridine rings is 1. The minimum absolute atomic E-state index is 0.212. The lowest BCUT2D eigenvalue weighted by Crippen LogP contribution is -2.20. The van der Waals surface area contributed by atoms with Crippen LogP contribution in [0, 0.1) is 5.82 Å². The number of aromatic nitrogens is 2. The van der Waals surface area contributed by atoms with Crippen LogP contribution in [0.3, 0.4) is 0 Å². The maximum atomic E-state index is 13.0. The first-order valence-electron chi connectivity index (χ1n) is 7.54. The quantitative estimate of drug-likeness (QED) is 0.534. The molecule has 0 spiro atoms. The predicted molar refractivity (Wildman–Crippen MR) is 89.2 cm³/mol. The van der Waals surface area contributed by atoms with Crippen molar-refractivity contribution in [2.75, 3.05) is 20.8 Å². The smallest absolute Gasteiger partial charge is 0.358 e. The number of benzene rings is 1. The number of halogens is 1. The van der Waals surface area contributed by atoms with E-state index in [9.17, 15) is 9.18 Å². The second-order valence-corrected chi connectivity index (χ2v) is 5.84. The SMILES string of the molecule is CN(C)COC(=O)c1cc2ccn(Cc3ccc(F)cc3)c2cn1. The van der Waals surface area contributed by atoms with E-state index in [4.69, 9.17) is 4.74 Å². The van der Waals surface area contributed by atoms with E-state index < -0.39 is 5.97 Å². The monoisotopic (exact) mass is 327 g/mol.